The maximum absolute atomic E-state index is 4.68. The first-order valence-corrected chi connectivity index (χ1v) is 23.1. The average molecular weight is 857 g/mol. The van der Waals surface area contributed by atoms with Crippen molar-refractivity contribution in [1.82, 2.24) is 20.6 Å². The second-order valence-corrected chi connectivity index (χ2v) is 17.9. The summed E-state index contributed by atoms with van der Waals surface area (Å²) < 4.78 is 0. The van der Waals surface area contributed by atoms with Gasteiger partial charge in [-0.1, -0.05) is 140 Å². The van der Waals surface area contributed by atoms with Crippen LogP contribution in [0, 0.1) is 0 Å². The van der Waals surface area contributed by atoms with Gasteiger partial charge in [-0.3, -0.25) is 9.97 Å². The minimum absolute atomic E-state index is 0.425. The van der Waals surface area contributed by atoms with Crippen LogP contribution in [0.2, 0.25) is 0 Å². The first kappa shape index (κ1) is 38.8. The van der Waals surface area contributed by atoms with Crippen molar-refractivity contribution in [2.75, 3.05) is 13.1 Å². The molecule has 0 unspecified atom stereocenters. The quantitative estimate of drug-likeness (QED) is 0.168. The number of aromatic nitrogens is 2. The van der Waals surface area contributed by atoms with Gasteiger partial charge >= 0.3 is 0 Å². The molecular weight excluding hydrogens is 813 g/mol. The predicted molar refractivity (Wildman–Crippen MR) is 275 cm³/mol. The summed E-state index contributed by atoms with van der Waals surface area (Å²) in [7, 11) is 0. The average Bonchev–Trinajstić information content (AvgIpc) is 3.88. The lowest BCUT2D eigenvalue weighted by atomic mass is 9.70. The van der Waals surface area contributed by atoms with E-state index in [9.17, 15) is 0 Å². The van der Waals surface area contributed by atoms with Crippen LogP contribution >= 0.6 is 0 Å². The Labute approximate surface area is 391 Å². The van der Waals surface area contributed by atoms with Gasteiger partial charge in [0.2, 0.25) is 0 Å². The Hall–Kier alpha value is -8.60. The van der Waals surface area contributed by atoms with E-state index in [0.29, 0.717) is 0 Å². The number of nitrogens with one attached hydrogen (secondary N) is 2. The largest absolute Gasteiger partial charge is 0.387 e. The number of hydrogen-bond acceptors (Lipinski definition) is 4. The highest BCUT2D eigenvalue weighted by atomic mass is 14.8. The molecule has 9 aromatic rings. The topological polar surface area (TPSA) is 49.8 Å². The van der Waals surface area contributed by atoms with E-state index in [2.05, 4.69) is 221 Å². The fraction of sp³-hybridized carbons (Fsp3) is 0.0476. The first-order valence-electron chi connectivity index (χ1n) is 23.1. The van der Waals surface area contributed by atoms with Crippen molar-refractivity contribution >= 4 is 5.57 Å². The van der Waals surface area contributed by atoms with Crippen molar-refractivity contribution in [3.8, 4) is 77.9 Å². The molecule has 0 atom stereocenters. The molecule has 67 heavy (non-hydrogen) atoms. The molecule has 0 saturated heterocycles. The molecule has 2 aromatic heterocycles. The zero-order chi connectivity index (χ0) is 44.3. The number of pyridine rings is 2. The van der Waals surface area contributed by atoms with Crippen molar-refractivity contribution in [2.24, 2.45) is 0 Å². The van der Waals surface area contributed by atoms with E-state index < -0.39 is 5.41 Å². The lowest BCUT2D eigenvalue weighted by Crippen LogP contribution is -2.25. The van der Waals surface area contributed by atoms with Crippen molar-refractivity contribution in [3.05, 3.63) is 270 Å². The van der Waals surface area contributed by atoms with E-state index in [4.69, 9.17) is 0 Å². The standard InChI is InChI=1S/C63H44N4/c1-4-20-59-55(17-1)56-18-2-5-21-60(56)63(59)61-22-6-3-19-57(61)58-24-23-45(34-62(58)63)50-30-48(41-11-7-13-43(27-41)51-32-53(39-66-37-51)46-15-9-25-64-35-46)29-49(31-50)42-12-8-14-44(28-42)52-33-54(40-67-38-52)47-16-10-26-65-36-47/h1-25,27-37,39-40,65,67H,26,38H2. The molecule has 13 rings (SSSR count). The van der Waals surface area contributed by atoms with Crippen molar-refractivity contribution in [3.63, 3.8) is 0 Å². The molecule has 4 heterocycles. The minimum Gasteiger partial charge on any atom is -0.387 e. The molecule has 4 heteroatoms. The molecule has 0 saturated carbocycles. The number of rotatable bonds is 7. The van der Waals surface area contributed by atoms with Gasteiger partial charge in [-0.25, -0.2) is 0 Å². The smallest absolute Gasteiger partial charge is 0.0725 e. The second kappa shape index (κ2) is 15.8. The van der Waals surface area contributed by atoms with Crippen molar-refractivity contribution < 1.29 is 0 Å². The maximum Gasteiger partial charge on any atom is 0.0725 e. The highest BCUT2D eigenvalue weighted by molar-refractivity contribution is 5.96. The third-order valence-corrected chi connectivity index (χ3v) is 14.1. The minimum atomic E-state index is -0.425. The lowest BCUT2D eigenvalue weighted by molar-refractivity contribution is 0.794. The van der Waals surface area contributed by atoms with E-state index >= 15 is 0 Å². The summed E-state index contributed by atoms with van der Waals surface area (Å²) in [6, 6.07) is 65.7. The van der Waals surface area contributed by atoms with Gasteiger partial charge < -0.3 is 10.6 Å². The van der Waals surface area contributed by atoms with Crippen LogP contribution in [0.15, 0.2) is 242 Å². The molecule has 0 amide bonds. The highest BCUT2D eigenvalue weighted by Crippen LogP contribution is 2.63. The number of benzene rings is 7. The normalized spacial score (nSPS) is 14.7. The summed E-state index contributed by atoms with van der Waals surface area (Å²) in [5, 5.41) is 6.92. The molecule has 7 aromatic carbocycles. The van der Waals surface area contributed by atoms with Gasteiger partial charge in [-0.05, 0) is 160 Å². The predicted octanol–water partition coefficient (Wildman–Crippen LogP) is 14.1. The van der Waals surface area contributed by atoms with Gasteiger partial charge in [0.15, 0.2) is 0 Å². The van der Waals surface area contributed by atoms with E-state index in [1.54, 1.807) is 6.20 Å². The number of fused-ring (bicyclic) bond motifs is 10. The molecule has 4 aliphatic rings. The zero-order valence-electron chi connectivity index (χ0n) is 36.7. The Morgan fingerprint density at radius 2 is 0.881 bits per heavy atom. The van der Waals surface area contributed by atoms with Crippen LogP contribution in [0.1, 0.15) is 27.8 Å². The first-order chi connectivity index (χ1) is 33.2. The highest BCUT2D eigenvalue weighted by Gasteiger charge is 2.51. The maximum atomic E-state index is 4.68. The van der Waals surface area contributed by atoms with Gasteiger partial charge in [0.25, 0.3) is 0 Å². The Balaban J connectivity index is 0.977. The summed E-state index contributed by atoms with van der Waals surface area (Å²) in [6.45, 7) is 1.62. The molecule has 1 spiro atoms. The SMILES string of the molecule is C1=CC(C2=CNCC(c3cccc(-c4cc(-c5cccc(-c6cncc(-c7cccnc7)c6)c5)cc(-c5ccc6c(c5)C5(c7ccccc7-c7ccccc75)c5ccccc5-6)c4)c3)=C2)=CNC1. The molecule has 316 valence electrons. The van der Waals surface area contributed by atoms with Crippen LogP contribution in [0.25, 0.3) is 83.5 Å². The molecule has 2 aliphatic heterocycles. The van der Waals surface area contributed by atoms with Crippen LogP contribution < -0.4 is 10.6 Å². The third kappa shape index (κ3) is 6.44. The number of nitrogens with zero attached hydrogens (tertiary/aromatic N) is 2. The van der Waals surface area contributed by atoms with E-state index in [1.165, 1.54) is 83.5 Å². The van der Waals surface area contributed by atoms with E-state index in [0.717, 1.165) is 52.0 Å². The summed E-state index contributed by atoms with van der Waals surface area (Å²) in [6.07, 6.45) is 18.5. The molecule has 0 fully saturated rings. The lowest BCUT2D eigenvalue weighted by Gasteiger charge is -2.30. The molecule has 2 N–H and O–H groups in total. The van der Waals surface area contributed by atoms with E-state index in [-0.39, 0.29) is 0 Å². The Morgan fingerprint density at radius 3 is 1.51 bits per heavy atom. The summed E-state index contributed by atoms with van der Waals surface area (Å²) >= 11 is 0. The van der Waals surface area contributed by atoms with Gasteiger partial charge in [0.05, 0.1) is 5.41 Å². The van der Waals surface area contributed by atoms with Crippen LogP contribution in [0.3, 0.4) is 0 Å². The van der Waals surface area contributed by atoms with Gasteiger partial charge in [-0.15, -0.1) is 0 Å². The number of dihydropyridines is 2. The second-order valence-electron chi connectivity index (χ2n) is 17.9. The number of allylic oxidation sites excluding steroid dienone is 4. The number of hydrogen-bond donors (Lipinski definition) is 2. The molecular formula is C63H44N4. The fourth-order valence-corrected chi connectivity index (χ4v) is 11.0. The van der Waals surface area contributed by atoms with Crippen LogP contribution in [0.4, 0.5) is 0 Å². The Morgan fingerprint density at radius 1 is 0.373 bits per heavy atom. The molecule has 4 nitrogen and oxygen atoms in total. The van der Waals surface area contributed by atoms with Crippen molar-refractivity contribution in [2.45, 2.75) is 5.41 Å². The molecule has 2 aliphatic carbocycles. The van der Waals surface area contributed by atoms with Crippen LogP contribution in [-0.4, -0.2) is 23.1 Å². The fourth-order valence-electron chi connectivity index (χ4n) is 11.0. The third-order valence-electron chi connectivity index (χ3n) is 14.1. The summed E-state index contributed by atoms with van der Waals surface area (Å²) in [5.74, 6) is 0. The monoisotopic (exact) mass is 856 g/mol. The Bertz CT molecular complexity index is 3530. The van der Waals surface area contributed by atoms with Crippen molar-refractivity contribution in [1.29, 1.82) is 0 Å². The van der Waals surface area contributed by atoms with Gasteiger partial charge in [0.1, 0.15) is 0 Å². The van der Waals surface area contributed by atoms with Crippen LogP contribution in [0.5, 0.6) is 0 Å². The van der Waals surface area contributed by atoms with E-state index in [1.807, 2.05) is 24.7 Å². The Kier molecular flexibility index (Phi) is 9.17. The van der Waals surface area contributed by atoms with Gasteiger partial charge in [0, 0.05) is 67.0 Å². The van der Waals surface area contributed by atoms with Crippen LogP contribution in [-0.2, 0) is 5.41 Å². The van der Waals surface area contributed by atoms with Gasteiger partial charge in [-0.2, -0.15) is 0 Å². The molecule has 0 bridgehead atoms. The summed E-state index contributed by atoms with van der Waals surface area (Å²) in [4.78, 5) is 9.04. The summed E-state index contributed by atoms with van der Waals surface area (Å²) in [5.41, 5.74) is 26.2. The zero-order valence-corrected chi connectivity index (χ0v) is 36.7. The molecule has 0 radical (unpaired) electrons.